The minimum absolute atomic E-state index is 0.121. The number of ketones is 1. The topological polar surface area (TPSA) is 87.7 Å². The highest BCUT2D eigenvalue weighted by Gasteiger charge is 2.22. The zero-order valence-corrected chi connectivity index (χ0v) is 10.5. The van der Waals surface area contributed by atoms with Gasteiger partial charge in [0.25, 0.3) is 0 Å². The second-order valence-electron chi connectivity index (χ2n) is 4.18. The van der Waals surface area contributed by atoms with Crippen molar-refractivity contribution < 1.29 is 14.4 Å². The summed E-state index contributed by atoms with van der Waals surface area (Å²) >= 11 is 0. The molecule has 0 radical (unpaired) electrons. The molecule has 0 saturated heterocycles. The van der Waals surface area contributed by atoms with Crippen molar-refractivity contribution in [2.45, 2.75) is 39.2 Å². The lowest BCUT2D eigenvalue weighted by Gasteiger charge is -2.19. The van der Waals surface area contributed by atoms with Gasteiger partial charge >= 0.3 is 0 Å². The zero-order chi connectivity index (χ0) is 13.5. The Labute approximate surface area is 101 Å². The summed E-state index contributed by atoms with van der Waals surface area (Å²) in [6, 6.07) is 0. The first-order chi connectivity index (χ1) is 7.79. The van der Waals surface area contributed by atoms with E-state index in [1.165, 1.54) is 19.9 Å². The molecule has 4 N–H and O–H groups in total. The van der Waals surface area contributed by atoms with Crippen molar-refractivity contribution in [3.05, 3.63) is 11.9 Å². The molecule has 0 rings (SSSR count). The standard InChI is InChI=1S/C11H20FN3O2/c1-8(16)11(3,13)6-4-5-10(12)7-14-9(2)15-17/h5,17H,4,6-7,13H2,1-3H3,(H,14,15)/b10-5+/t11-/m1/s1. The Kier molecular flexibility index (Phi) is 6.60. The largest absolute Gasteiger partial charge is 0.319 e. The Balaban J connectivity index is 4.13. The van der Waals surface area contributed by atoms with E-state index in [0.29, 0.717) is 12.8 Å². The van der Waals surface area contributed by atoms with Gasteiger partial charge in [-0.3, -0.25) is 20.5 Å². The molecule has 98 valence electrons. The molecular weight excluding hydrogens is 225 g/mol. The number of nitrogens with zero attached hydrogens (tertiary/aromatic N) is 1. The maximum absolute atomic E-state index is 13.2. The van der Waals surface area contributed by atoms with Crippen molar-refractivity contribution in [1.82, 2.24) is 5.48 Å². The maximum Gasteiger partial charge on any atom is 0.149 e. The van der Waals surface area contributed by atoms with Gasteiger partial charge in [0.05, 0.1) is 12.1 Å². The van der Waals surface area contributed by atoms with Gasteiger partial charge in [0.15, 0.2) is 0 Å². The van der Waals surface area contributed by atoms with Crippen molar-refractivity contribution in [3.8, 4) is 0 Å². The van der Waals surface area contributed by atoms with Crippen LogP contribution in [-0.2, 0) is 4.79 Å². The Bertz CT molecular complexity index is 325. The number of nitrogens with two attached hydrogens (primary N) is 1. The number of aliphatic imine (C=N–C) groups is 1. The van der Waals surface area contributed by atoms with Crippen LogP contribution in [0.1, 0.15) is 33.6 Å². The third-order valence-electron chi connectivity index (χ3n) is 2.46. The van der Waals surface area contributed by atoms with Crippen molar-refractivity contribution in [2.24, 2.45) is 10.7 Å². The number of amidine groups is 1. The van der Waals surface area contributed by atoms with Crippen LogP contribution in [0.25, 0.3) is 0 Å². The Morgan fingerprint density at radius 1 is 1.59 bits per heavy atom. The van der Waals surface area contributed by atoms with Crippen molar-refractivity contribution in [2.75, 3.05) is 6.54 Å². The highest BCUT2D eigenvalue weighted by molar-refractivity contribution is 5.85. The van der Waals surface area contributed by atoms with Crippen molar-refractivity contribution in [1.29, 1.82) is 0 Å². The van der Waals surface area contributed by atoms with E-state index in [4.69, 9.17) is 10.9 Å². The average Bonchev–Trinajstić information content (AvgIpc) is 2.25. The quantitative estimate of drug-likeness (QED) is 0.374. The first kappa shape index (κ1) is 15.7. The van der Waals surface area contributed by atoms with Crippen molar-refractivity contribution >= 4 is 11.6 Å². The fraction of sp³-hybridized carbons (Fsp3) is 0.636. The van der Waals surface area contributed by atoms with E-state index in [0.717, 1.165) is 0 Å². The second kappa shape index (κ2) is 7.13. The summed E-state index contributed by atoms with van der Waals surface area (Å²) in [6.07, 6.45) is 2.11. The van der Waals surface area contributed by atoms with Crippen LogP contribution in [0.2, 0.25) is 0 Å². The number of hydrogen-bond donors (Lipinski definition) is 3. The molecule has 0 bridgehead atoms. The molecule has 1 atom stereocenters. The molecule has 0 aliphatic heterocycles. The fourth-order valence-electron chi connectivity index (χ4n) is 0.999. The molecule has 0 fully saturated rings. The zero-order valence-electron chi connectivity index (χ0n) is 10.5. The van der Waals surface area contributed by atoms with E-state index in [2.05, 4.69) is 4.99 Å². The van der Waals surface area contributed by atoms with Crippen LogP contribution in [0.4, 0.5) is 4.39 Å². The lowest BCUT2D eigenvalue weighted by Crippen LogP contribution is -2.43. The summed E-state index contributed by atoms with van der Waals surface area (Å²) in [6.45, 7) is 4.42. The van der Waals surface area contributed by atoms with Crippen LogP contribution in [0.5, 0.6) is 0 Å². The molecule has 0 aromatic carbocycles. The number of hydroxylamine groups is 1. The number of halogens is 1. The van der Waals surface area contributed by atoms with Crippen LogP contribution < -0.4 is 11.2 Å². The van der Waals surface area contributed by atoms with Gasteiger partial charge in [0.2, 0.25) is 0 Å². The van der Waals surface area contributed by atoms with Crippen LogP contribution >= 0.6 is 0 Å². The number of rotatable bonds is 6. The van der Waals surface area contributed by atoms with Crippen LogP contribution in [0.15, 0.2) is 16.9 Å². The monoisotopic (exact) mass is 245 g/mol. The third kappa shape index (κ3) is 6.80. The highest BCUT2D eigenvalue weighted by atomic mass is 19.1. The summed E-state index contributed by atoms with van der Waals surface area (Å²) in [5.74, 6) is -0.301. The van der Waals surface area contributed by atoms with Gasteiger partial charge in [-0.15, -0.1) is 0 Å². The summed E-state index contributed by atoms with van der Waals surface area (Å²) in [4.78, 5) is 14.8. The van der Waals surface area contributed by atoms with Gasteiger partial charge in [-0.2, -0.15) is 0 Å². The SMILES string of the molecule is CC(=O)[C@](C)(N)CC/C=C(/F)CN=C(C)NO. The third-order valence-corrected chi connectivity index (χ3v) is 2.46. The molecule has 0 unspecified atom stereocenters. The minimum Gasteiger partial charge on any atom is -0.319 e. The second-order valence-corrected chi connectivity index (χ2v) is 4.18. The van der Waals surface area contributed by atoms with Gasteiger partial charge in [-0.05, 0) is 33.6 Å². The molecule has 0 aromatic rings. The predicted octanol–water partition coefficient (Wildman–Crippen LogP) is 1.32. The summed E-state index contributed by atoms with van der Waals surface area (Å²) < 4.78 is 13.2. The molecular formula is C11H20FN3O2. The van der Waals surface area contributed by atoms with Crippen LogP contribution in [-0.4, -0.2) is 28.9 Å². The number of Topliss-reactive ketones (excluding diaryl/α,β-unsaturated/α-hetero) is 1. The normalized spacial score (nSPS) is 16.6. The van der Waals surface area contributed by atoms with E-state index in [9.17, 15) is 9.18 Å². The molecule has 0 spiro atoms. The number of carbonyl (C=O) groups is 1. The molecule has 0 aliphatic rings. The maximum atomic E-state index is 13.2. The Morgan fingerprint density at radius 3 is 2.65 bits per heavy atom. The van der Waals surface area contributed by atoms with E-state index in [-0.39, 0.29) is 18.2 Å². The van der Waals surface area contributed by atoms with Gasteiger partial charge in [-0.25, -0.2) is 4.39 Å². The molecule has 0 amide bonds. The van der Waals surface area contributed by atoms with Gasteiger partial charge in [0.1, 0.15) is 17.4 Å². The smallest absolute Gasteiger partial charge is 0.149 e. The molecule has 0 aliphatic carbocycles. The van der Waals surface area contributed by atoms with Crippen LogP contribution in [0.3, 0.4) is 0 Å². The molecule has 5 nitrogen and oxygen atoms in total. The molecule has 0 aromatic heterocycles. The number of carbonyl (C=O) groups excluding carboxylic acids is 1. The van der Waals surface area contributed by atoms with Crippen molar-refractivity contribution in [3.63, 3.8) is 0 Å². The van der Waals surface area contributed by atoms with Gasteiger partial charge < -0.3 is 5.73 Å². The highest BCUT2D eigenvalue weighted by Crippen LogP contribution is 2.12. The molecule has 0 saturated carbocycles. The molecule has 0 heterocycles. The lowest BCUT2D eigenvalue weighted by molar-refractivity contribution is -0.121. The van der Waals surface area contributed by atoms with E-state index in [1.54, 1.807) is 6.92 Å². The average molecular weight is 245 g/mol. The predicted molar refractivity (Wildman–Crippen MR) is 64.6 cm³/mol. The lowest BCUT2D eigenvalue weighted by atomic mass is 9.93. The Morgan fingerprint density at radius 2 is 2.18 bits per heavy atom. The summed E-state index contributed by atoms with van der Waals surface area (Å²) in [5.41, 5.74) is 6.61. The van der Waals surface area contributed by atoms with E-state index >= 15 is 0 Å². The first-order valence-corrected chi connectivity index (χ1v) is 5.35. The van der Waals surface area contributed by atoms with Gasteiger partial charge in [-0.1, -0.05) is 6.08 Å². The van der Waals surface area contributed by atoms with E-state index in [1.807, 2.05) is 5.48 Å². The minimum atomic E-state index is -0.914. The van der Waals surface area contributed by atoms with Gasteiger partial charge in [0, 0.05) is 0 Å². The van der Waals surface area contributed by atoms with Crippen LogP contribution in [0, 0.1) is 0 Å². The summed E-state index contributed by atoms with van der Waals surface area (Å²) in [7, 11) is 0. The number of allylic oxidation sites excluding steroid dienone is 1. The molecule has 6 heteroatoms. The Hall–Kier alpha value is -1.27. The number of nitrogens with one attached hydrogen (secondary N) is 1. The summed E-state index contributed by atoms with van der Waals surface area (Å²) in [5, 5.41) is 8.41. The fourth-order valence-corrected chi connectivity index (χ4v) is 0.999. The van der Waals surface area contributed by atoms with E-state index < -0.39 is 11.4 Å². The first-order valence-electron chi connectivity index (χ1n) is 5.35. The number of hydrogen-bond acceptors (Lipinski definition) is 4. The molecule has 17 heavy (non-hydrogen) atoms.